The maximum absolute atomic E-state index is 4.43. The predicted molar refractivity (Wildman–Crippen MR) is 113 cm³/mol. The molecule has 0 spiro atoms. The highest BCUT2D eigenvalue weighted by molar-refractivity contribution is 7.07. The molecule has 1 aliphatic heterocycles. The van der Waals surface area contributed by atoms with E-state index >= 15 is 0 Å². The third-order valence-corrected chi connectivity index (χ3v) is 6.78. The Bertz CT molecular complexity index is 528. The van der Waals surface area contributed by atoms with E-state index in [1.165, 1.54) is 70.1 Å². The third kappa shape index (κ3) is 5.98. The molecule has 0 radical (unpaired) electrons. The Hall–Kier alpha value is -1.07. The largest absolute Gasteiger partial charge is 0.356 e. The van der Waals surface area contributed by atoms with Crippen LogP contribution in [0.3, 0.4) is 0 Å². The van der Waals surface area contributed by atoms with E-state index in [0.29, 0.717) is 12.0 Å². The summed E-state index contributed by atoms with van der Waals surface area (Å²) >= 11 is 1.77. The fraction of sp³-hybridized carbons (Fsp3) is 0.762. The highest BCUT2D eigenvalue weighted by Crippen LogP contribution is 2.25. The van der Waals surface area contributed by atoms with Gasteiger partial charge in [-0.2, -0.15) is 11.3 Å². The highest BCUT2D eigenvalue weighted by atomic mass is 32.1. The van der Waals surface area contributed by atoms with Crippen LogP contribution in [0.4, 0.5) is 0 Å². The second-order valence-electron chi connectivity index (χ2n) is 8.13. The Balaban J connectivity index is 1.35. The van der Waals surface area contributed by atoms with Gasteiger partial charge in [-0.1, -0.05) is 26.2 Å². The average molecular weight is 377 g/mol. The summed E-state index contributed by atoms with van der Waals surface area (Å²) < 4.78 is 0. The number of hydrogen-bond acceptors (Lipinski definition) is 3. The van der Waals surface area contributed by atoms with Gasteiger partial charge in [-0.25, -0.2) is 0 Å². The molecule has 2 fully saturated rings. The van der Waals surface area contributed by atoms with Crippen LogP contribution in [0.1, 0.15) is 63.4 Å². The van der Waals surface area contributed by atoms with Crippen molar-refractivity contribution in [1.29, 1.82) is 0 Å². The first-order chi connectivity index (χ1) is 12.7. The normalized spacial score (nSPS) is 22.3. The summed E-state index contributed by atoms with van der Waals surface area (Å²) in [5.74, 6) is 2.43. The first-order valence-electron chi connectivity index (χ1n) is 10.5. The maximum Gasteiger partial charge on any atom is 0.191 e. The van der Waals surface area contributed by atoms with Crippen LogP contribution in [0.25, 0.3) is 0 Å². The molecule has 4 nitrogen and oxygen atoms in total. The van der Waals surface area contributed by atoms with Gasteiger partial charge in [0.25, 0.3) is 0 Å². The van der Waals surface area contributed by atoms with Crippen LogP contribution in [-0.2, 0) is 0 Å². The number of hydrogen-bond donors (Lipinski definition) is 2. The number of guanidine groups is 1. The van der Waals surface area contributed by atoms with Crippen LogP contribution in [0.2, 0.25) is 0 Å². The zero-order valence-corrected chi connectivity index (χ0v) is 17.4. The number of piperidine rings is 1. The summed E-state index contributed by atoms with van der Waals surface area (Å²) in [4.78, 5) is 7.13. The summed E-state index contributed by atoms with van der Waals surface area (Å²) in [6.07, 6.45) is 9.73. The van der Waals surface area contributed by atoms with Gasteiger partial charge in [-0.05, 0) is 59.9 Å². The second kappa shape index (κ2) is 10.3. The molecular weight excluding hydrogens is 340 g/mol. The van der Waals surface area contributed by atoms with Crippen LogP contribution < -0.4 is 10.6 Å². The van der Waals surface area contributed by atoms with Crippen molar-refractivity contribution in [2.75, 3.05) is 33.2 Å². The molecule has 0 bridgehead atoms. The molecule has 2 heterocycles. The molecule has 1 aliphatic carbocycles. The number of nitrogens with zero attached hydrogens (tertiary/aromatic N) is 2. The van der Waals surface area contributed by atoms with Gasteiger partial charge in [0.1, 0.15) is 0 Å². The Morgan fingerprint density at radius 2 is 2.00 bits per heavy atom. The predicted octanol–water partition coefficient (Wildman–Crippen LogP) is 4.06. The standard InChI is InChI=1S/C21H36N4S/c1-17(19-10-13-26-16-19)14-23-21(22-2)24-20-8-11-25(12-9-20)15-18-6-4-3-5-7-18/h10,13,16-18,20H,3-9,11-12,14-15H2,1-2H3,(H2,22,23,24). The molecule has 1 atom stereocenters. The van der Waals surface area contributed by atoms with Gasteiger partial charge in [0.2, 0.25) is 0 Å². The van der Waals surface area contributed by atoms with Gasteiger partial charge in [-0.15, -0.1) is 0 Å². The van der Waals surface area contributed by atoms with Crippen LogP contribution >= 0.6 is 11.3 Å². The lowest BCUT2D eigenvalue weighted by molar-refractivity contribution is 0.160. The van der Waals surface area contributed by atoms with Crippen LogP contribution in [0, 0.1) is 5.92 Å². The van der Waals surface area contributed by atoms with Crippen molar-refractivity contribution in [3.8, 4) is 0 Å². The zero-order valence-electron chi connectivity index (χ0n) is 16.5. The van der Waals surface area contributed by atoms with Gasteiger partial charge in [-0.3, -0.25) is 4.99 Å². The number of nitrogens with one attached hydrogen (secondary N) is 2. The molecule has 2 aliphatic rings. The molecule has 1 unspecified atom stereocenters. The van der Waals surface area contributed by atoms with Gasteiger partial charge in [0.05, 0.1) is 0 Å². The lowest BCUT2D eigenvalue weighted by atomic mass is 9.88. The maximum atomic E-state index is 4.43. The SMILES string of the molecule is CN=C(NCC(C)c1ccsc1)NC1CCN(CC2CCCCC2)CC1. The summed E-state index contributed by atoms with van der Waals surface area (Å²) in [7, 11) is 1.88. The summed E-state index contributed by atoms with van der Waals surface area (Å²) in [6, 6.07) is 2.77. The van der Waals surface area contributed by atoms with Crippen molar-refractivity contribution in [3.63, 3.8) is 0 Å². The topological polar surface area (TPSA) is 39.7 Å². The fourth-order valence-corrected chi connectivity index (χ4v) is 5.09. The Morgan fingerprint density at radius 1 is 1.23 bits per heavy atom. The molecule has 1 aromatic rings. The van der Waals surface area contributed by atoms with Crippen LogP contribution in [0.15, 0.2) is 21.8 Å². The molecule has 146 valence electrons. The van der Waals surface area contributed by atoms with E-state index in [4.69, 9.17) is 0 Å². The monoisotopic (exact) mass is 376 g/mol. The Kier molecular flexibility index (Phi) is 7.81. The van der Waals surface area contributed by atoms with E-state index in [9.17, 15) is 0 Å². The van der Waals surface area contributed by atoms with E-state index in [1.807, 2.05) is 7.05 Å². The number of likely N-dealkylation sites (tertiary alicyclic amines) is 1. The number of thiophene rings is 1. The van der Waals surface area contributed by atoms with Crippen molar-refractivity contribution in [2.45, 2.75) is 63.8 Å². The fourth-order valence-electron chi connectivity index (χ4n) is 4.31. The lowest BCUT2D eigenvalue weighted by Crippen LogP contribution is -2.49. The number of rotatable bonds is 6. The smallest absolute Gasteiger partial charge is 0.191 e. The molecule has 3 rings (SSSR count). The van der Waals surface area contributed by atoms with E-state index < -0.39 is 0 Å². The minimum atomic E-state index is 0.511. The number of aliphatic imine (C=N–C) groups is 1. The summed E-state index contributed by atoms with van der Waals surface area (Å²) in [5, 5.41) is 11.6. The molecular formula is C21H36N4S. The molecule has 0 aromatic carbocycles. The van der Waals surface area contributed by atoms with Gasteiger partial charge in [0, 0.05) is 39.3 Å². The van der Waals surface area contributed by atoms with E-state index in [1.54, 1.807) is 11.3 Å². The van der Waals surface area contributed by atoms with E-state index in [0.717, 1.165) is 18.4 Å². The van der Waals surface area contributed by atoms with Crippen molar-refractivity contribution >= 4 is 17.3 Å². The van der Waals surface area contributed by atoms with Crippen molar-refractivity contribution in [1.82, 2.24) is 15.5 Å². The molecule has 0 amide bonds. The molecule has 5 heteroatoms. The van der Waals surface area contributed by atoms with Crippen molar-refractivity contribution < 1.29 is 0 Å². The summed E-state index contributed by atoms with van der Waals surface area (Å²) in [6.45, 7) is 6.99. The molecule has 1 saturated heterocycles. The summed E-state index contributed by atoms with van der Waals surface area (Å²) in [5.41, 5.74) is 1.41. The molecule has 1 aromatic heterocycles. The zero-order chi connectivity index (χ0) is 18.2. The Labute approximate surface area is 163 Å². The minimum absolute atomic E-state index is 0.511. The first-order valence-corrected chi connectivity index (χ1v) is 11.4. The average Bonchev–Trinajstić information content (AvgIpc) is 3.22. The van der Waals surface area contributed by atoms with Crippen LogP contribution in [-0.4, -0.2) is 50.1 Å². The molecule has 2 N–H and O–H groups in total. The van der Waals surface area contributed by atoms with Crippen molar-refractivity contribution in [2.24, 2.45) is 10.9 Å². The van der Waals surface area contributed by atoms with E-state index in [-0.39, 0.29) is 0 Å². The minimum Gasteiger partial charge on any atom is -0.356 e. The quantitative estimate of drug-likeness (QED) is 0.581. The van der Waals surface area contributed by atoms with Gasteiger partial charge >= 0.3 is 0 Å². The molecule has 26 heavy (non-hydrogen) atoms. The third-order valence-electron chi connectivity index (χ3n) is 6.08. The lowest BCUT2D eigenvalue weighted by Gasteiger charge is -2.36. The van der Waals surface area contributed by atoms with Gasteiger partial charge < -0.3 is 15.5 Å². The van der Waals surface area contributed by atoms with Crippen LogP contribution in [0.5, 0.6) is 0 Å². The molecule has 1 saturated carbocycles. The van der Waals surface area contributed by atoms with E-state index in [2.05, 4.69) is 44.3 Å². The Morgan fingerprint density at radius 3 is 2.65 bits per heavy atom. The van der Waals surface area contributed by atoms with Gasteiger partial charge in [0.15, 0.2) is 5.96 Å². The van der Waals surface area contributed by atoms with Crippen molar-refractivity contribution in [3.05, 3.63) is 22.4 Å². The first kappa shape index (κ1) is 19.7. The highest BCUT2D eigenvalue weighted by Gasteiger charge is 2.23. The second-order valence-corrected chi connectivity index (χ2v) is 8.91.